The van der Waals surface area contributed by atoms with Crippen LogP contribution in [0.3, 0.4) is 0 Å². The summed E-state index contributed by atoms with van der Waals surface area (Å²) in [6.45, 7) is -0.837. The molecule has 1 fully saturated rings. The van der Waals surface area contributed by atoms with Crippen LogP contribution in [0.2, 0.25) is 0 Å². The third-order valence-electron chi connectivity index (χ3n) is 10.1. The molecule has 10 unspecified atom stereocenters. The lowest BCUT2D eigenvalue weighted by atomic mass is 9.76. The molecule has 4 aromatic carbocycles. The zero-order valence-corrected chi connectivity index (χ0v) is 27.3. The van der Waals surface area contributed by atoms with Gasteiger partial charge in [-0.15, -0.1) is 0 Å². The maximum absolute atomic E-state index is 12.2. The number of aliphatic hydroxyl groups excluding tert-OH is 6. The van der Waals surface area contributed by atoms with Crippen molar-refractivity contribution in [3.8, 4) is 57.5 Å². The predicted molar refractivity (Wildman–Crippen MR) is 176 cm³/mol. The summed E-state index contributed by atoms with van der Waals surface area (Å²) in [6.07, 6.45) is -15.2. The number of fused-ring (bicyclic) bond motifs is 2. The van der Waals surface area contributed by atoms with E-state index in [1.54, 1.807) is 0 Å². The quantitative estimate of drug-likeness (QED) is 0.124. The first-order valence-electron chi connectivity index (χ1n) is 16.3. The molecule has 17 nitrogen and oxygen atoms in total. The number of hydrogen-bond donors (Lipinski definition) is 14. The van der Waals surface area contributed by atoms with Gasteiger partial charge < -0.3 is 85.7 Å². The molecule has 0 radical (unpaired) electrons. The van der Waals surface area contributed by atoms with Gasteiger partial charge in [-0.25, -0.2) is 0 Å². The Balaban J connectivity index is 1.46. The Hall–Kier alpha value is -5.40. The number of hydrogen-bond acceptors (Lipinski definition) is 17. The summed E-state index contributed by atoms with van der Waals surface area (Å²) in [7, 11) is 0. The second kappa shape index (κ2) is 13.2. The van der Waals surface area contributed by atoms with Crippen molar-refractivity contribution < 1.29 is 85.7 Å². The molecule has 7 rings (SSSR count). The number of benzene rings is 4. The van der Waals surface area contributed by atoms with Gasteiger partial charge in [0, 0.05) is 35.2 Å². The molecule has 14 N–H and O–H groups in total. The highest BCUT2D eigenvalue weighted by Gasteiger charge is 2.50. The largest absolute Gasteiger partial charge is 0.507 e. The molecule has 1 saturated heterocycles. The summed E-state index contributed by atoms with van der Waals surface area (Å²) in [5.41, 5.74) is -1.02. The minimum absolute atomic E-state index is 0.0453. The minimum Gasteiger partial charge on any atom is -0.507 e. The Morgan fingerprint density at radius 3 is 1.74 bits per heavy atom. The second-order valence-corrected chi connectivity index (χ2v) is 13.3. The number of ether oxygens (including phenoxy) is 3. The monoisotopic (exact) mass is 740 g/mol. The predicted octanol–water partition coefficient (Wildman–Crippen LogP) is 0.510. The molecule has 0 amide bonds. The first-order valence-corrected chi connectivity index (χ1v) is 16.3. The van der Waals surface area contributed by atoms with Gasteiger partial charge in [0.2, 0.25) is 0 Å². The van der Waals surface area contributed by atoms with Gasteiger partial charge in [0.1, 0.15) is 77.2 Å². The van der Waals surface area contributed by atoms with E-state index in [4.69, 9.17) is 14.2 Å². The van der Waals surface area contributed by atoms with Crippen molar-refractivity contribution in [2.24, 2.45) is 0 Å². The van der Waals surface area contributed by atoms with E-state index < -0.39 is 119 Å². The SMILES string of the molecule is OCC1OC(c2c(O)cc3c(c2O)C(c2c(O)cc(O)c4c2OC(c2ccc(O)c(O)c2)C(O)C4)C(O)C(c2ccc(O)c(O)c2)O3)C(O)C(O)C1O. The molecule has 10 atom stereocenters. The van der Waals surface area contributed by atoms with Crippen molar-refractivity contribution in [2.75, 3.05) is 6.61 Å². The van der Waals surface area contributed by atoms with Gasteiger partial charge in [-0.05, 0) is 35.4 Å². The van der Waals surface area contributed by atoms with Crippen LogP contribution in [-0.2, 0) is 11.2 Å². The molecule has 3 aliphatic heterocycles. The Morgan fingerprint density at radius 1 is 0.528 bits per heavy atom. The van der Waals surface area contributed by atoms with Crippen LogP contribution in [0.15, 0.2) is 48.5 Å². The van der Waals surface area contributed by atoms with Gasteiger partial charge in [-0.2, -0.15) is 0 Å². The highest BCUT2D eigenvalue weighted by atomic mass is 16.5. The summed E-state index contributed by atoms with van der Waals surface area (Å²) < 4.78 is 17.9. The Kier molecular flexibility index (Phi) is 8.98. The molecular weight excluding hydrogens is 704 g/mol. The molecule has 0 aliphatic carbocycles. The summed E-state index contributed by atoms with van der Waals surface area (Å²) in [6, 6.07) is 9.03. The van der Waals surface area contributed by atoms with Gasteiger partial charge in [-0.3, -0.25) is 0 Å². The summed E-state index contributed by atoms with van der Waals surface area (Å²) in [4.78, 5) is 0. The number of rotatable bonds is 5. The molecule has 0 bridgehead atoms. The van der Waals surface area contributed by atoms with Crippen LogP contribution in [0, 0.1) is 0 Å². The highest BCUT2D eigenvalue weighted by Crippen LogP contribution is 2.59. The number of aliphatic hydroxyl groups is 6. The van der Waals surface area contributed by atoms with E-state index in [9.17, 15) is 71.5 Å². The Morgan fingerprint density at radius 2 is 1.13 bits per heavy atom. The van der Waals surface area contributed by atoms with Crippen LogP contribution in [0.1, 0.15) is 57.6 Å². The number of aromatic hydroxyl groups is 8. The lowest BCUT2D eigenvalue weighted by Crippen LogP contribution is -2.55. The van der Waals surface area contributed by atoms with Crippen molar-refractivity contribution in [1.82, 2.24) is 0 Å². The number of phenolic OH excluding ortho intramolecular Hbond substituents is 8. The normalized spacial score (nSPS) is 29.4. The van der Waals surface area contributed by atoms with E-state index in [1.165, 1.54) is 12.1 Å². The molecule has 0 saturated carbocycles. The van der Waals surface area contributed by atoms with Crippen molar-refractivity contribution in [2.45, 2.75) is 67.3 Å². The van der Waals surface area contributed by atoms with Gasteiger partial charge in [0.15, 0.2) is 29.1 Å². The third kappa shape index (κ3) is 5.78. The van der Waals surface area contributed by atoms with E-state index in [2.05, 4.69) is 0 Å². The zero-order valence-electron chi connectivity index (χ0n) is 27.3. The fourth-order valence-electron chi connectivity index (χ4n) is 7.38. The maximum Gasteiger partial charge on any atom is 0.157 e. The van der Waals surface area contributed by atoms with E-state index in [0.29, 0.717) is 0 Å². The molecule has 3 aliphatic rings. The highest BCUT2D eigenvalue weighted by molar-refractivity contribution is 5.68. The zero-order chi connectivity index (χ0) is 38.2. The Bertz CT molecular complexity index is 2070. The van der Waals surface area contributed by atoms with Gasteiger partial charge in [-0.1, -0.05) is 12.1 Å². The van der Waals surface area contributed by atoms with Crippen LogP contribution in [-0.4, -0.2) is 115 Å². The van der Waals surface area contributed by atoms with E-state index in [1.807, 2.05) is 0 Å². The van der Waals surface area contributed by atoms with Crippen LogP contribution in [0.25, 0.3) is 0 Å². The first kappa shape index (κ1) is 36.0. The summed E-state index contributed by atoms with van der Waals surface area (Å²) in [5, 5.41) is 151. The van der Waals surface area contributed by atoms with Crippen molar-refractivity contribution in [3.63, 3.8) is 0 Å². The molecule has 282 valence electrons. The smallest absolute Gasteiger partial charge is 0.157 e. The van der Waals surface area contributed by atoms with Crippen molar-refractivity contribution in [1.29, 1.82) is 0 Å². The average Bonchev–Trinajstić information content (AvgIpc) is 3.11. The topological polar surface area (TPSA) is 311 Å². The van der Waals surface area contributed by atoms with Gasteiger partial charge >= 0.3 is 0 Å². The molecule has 53 heavy (non-hydrogen) atoms. The Labute approximate surface area is 298 Å². The van der Waals surface area contributed by atoms with Crippen LogP contribution in [0.4, 0.5) is 0 Å². The first-order chi connectivity index (χ1) is 25.1. The van der Waals surface area contributed by atoms with Crippen LogP contribution in [0.5, 0.6) is 57.5 Å². The molecule has 3 heterocycles. The molecule has 4 aromatic rings. The number of phenols is 8. The molecular formula is C36H36O17. The van der Waals surface area contributed by atoms with Crippen LogP contribution >= 0.6 is 0 Å². The maximum atomic E-state index is 12.2. The van der Waals surface area contributed by atoms with Crippen molar-refractivity contribution in [3.05, 3.63) is 81.9 Å². The van der Waals surface area contributed by atoms with Crippen LogP contribution < -0.4 is 9.47 Å². The van der Waals surface area contributed by atoms with E-state index in [0.717, 1.165) is 36.4 Å². The standard InChI is InChI=1S/C36H36O17/c37-10-23-28(46)31(49)32(50)36(52-23)25-20(44)9-22-26(29(25)47)27(30(48)34(51-22)12-2-4-15(39)18(42)6-12)24-19(43)8-16(40)13-7-21(45)33(53-35(13)24)11-1-3-14(38)17(41)5-11/h1-6,8-9,21,23,27-28,30-34,36-50H,7,10H2. The summed E-state index contributed by atoms with van der Waals surface area (Å²) in [5.74, 6) is -7.22. The van der Waals surface area contributed by atoms with Crippen molar-refractivity contribution >= 4 is 0 Å². The minimum atomic E-state index is -1.98. The fraction of sp³-hybridized carbons (Fsp3) is 0.333. The van der Waals surface area contributed by atoms with E-state index >= 15 is 0 Å². The lowest BCUT2D eigenvalue weighted by Gasteiger charge is -2.42. The lowest BCUT2D eigenvalue weighted by molar-refractivity contribution is -0.232. The molecule has 0 spiro atoms. The van der Waals surface area contributed by atoms with Gasteiger partial charge in [0.25, 0.3) is 0 Å². The molecule has 17 heteroatoms. The molecule has 0 aromatic heterocycles. The third-order valence-corrected chi connectivity index (χ3v) is 10.1. The van der Waals surface area contributed by atoms with Gasteiger partial charge in [0.05, 0.1) is 24.2 Å². The fourth-order valence-corrected chi connectivity index (χ4v) is 7.38. The summed E-state index contributed by atoms with van der Waals surface area (Å²) >= 11 is 0. The second-order valence-electron chi connectivity index (χ2n) is 13.3. The average molecular weight is 741 g/mol. The van der Waals surface area contributed by atoms with E-state index in [-0.39, 0.29) is 45.7 Å².